The number of hydrogen-bond donors (Lipinski definition) is 2. The van der Waals surface area contributed by atoms with Crippen LogP contribution >= 0.6 is 0 Å². The fraction of sp³-hybridized carbons (Fsp3) is 0.391. The molecule has 6 rings (SSSR count). The van der Waals surface area contributed by atoms with E-state index in [1.54, 1.807) is 27.9 Å². The molecule has 0 aliphatic carbocycles. The molecule has 174 valence electrons. The fourth-order valence-electron chi connectivity index (χ4n) is 5.47. The van der Waals surface area contributed by atoms with Gasteiger partial charge in [0.15, 0.2) is 11.5 Å². The standard InChI is InChI=1S/C23H25N9O2/c1-30-12-26-22(29-30)18-5-2-13(9-25-18)17-10-27-32-20(24)8-19(28-23(17)32)14-6-15-3-4-16(7-14)31(15)21(34)11-33/h2,5,8-10,12,14-16,33H,3-4,6-7,11,24H2,1H3/t14-,15-,16+. The molecule has 11 heteroatoms. The van der Waals surface area contributed by atoms with Gasteiger partial charge in [0, 0.05) is 54.1 Å². The van der Waals surface area contributed by atoms with Gasteiger partial charge < -0.3 is 15.7 Å². The Balaban J connectivity index is 1.32. The number of carbonyl (C=O) groups excluding carboxylic acids is 1. The highest BCUT2D eigenvalue weighted by Gasteiger charge is 2.43. The summed E-state index contributed by atoms with van der Waals surface area (Å²) in [6.45, 7) is -0.433. The number of rotatable bonds is 4. The summed E-state index contributed by atoms with van der Waals surface area (Å²) in [5.41, 5.74) is 10.4. The molecule has 3 atom stereocenters. The molecular formula is C23H25N9O2. The third kappa shape index (κ3) is 3.31. The molecule has 0 spiro atoms. The molecule has 6 heterocycles. The van der Waals surface area contributed by atoms with Gasteiger partial charge in [-0.15, -0.1) is 5.10 Å². The number of aliphatic hydroxyl groups is 1. The van der Waals surface area contributed by atoms with Crippen molar-refractivity contribution in [3.8, 4) is 22.6 Å². The van der Waals surface area contributed by atoms with Crippen LogP contribution in [0.5, 0.6) is 0 Å². The van der Waals surface area contributed by atoms with Crippen LogP contribution in [0.15, 0.2) is 36.9 Å². The van der Waals surface area contributed by atoms with Gasteiger partial charge >= 0.3 is 0 Å². The van der Waals surface area contributed by atoms with Crippen LogP contribution in [0, 0.1) is 0 Å². The fourth-order valence-corrected chi connectivity index (χ4v) is 5.47. The summed E-state index contributed by atoms with van der Waals surface area (Å²) < 4.78 is 3.28. The van der Waals surface area contributed by atoms with Crippen molar-refractivity contribution in [2.45, 2.75) is 43.7 Å². The second kappa shape index (κ2) is 7.87. The average Bonchev–Trinajstić information content (AvgIpc) is 3.54. The first-order valence-electron chi connectivity index (χ1n) is 11.4. The molecule has 3 N–H and O–H groups in total. The van der Waals surface area contributed by atoms with E-state index in [2.05, 4.69) is 20.2 Å². The van der Waals surface area contributed by atoms with E-state index in [1.165, 1.54) is 0 Å². The third-order valence-corrected chi connectivity index (χ3v) is 7.00. The topological polar surface area (TPSA) is 140 Å². The number of aryl methyl sites for hydroxylation is 1. The number of anilines is 1. The SMILES string of the molecule is Cn1cnc(-c2ccc(-c3cnn4c(N)cc([C@@H]5C[C@H]6CC[C@@H](C5)N6C(=O)CO)nc34)cn2)n1. The first kappa shape index (κ1) is 20.7. The summed E-state index contributed by atoms with van der Waals surface area (Å²) in [5.74, 6) is 1.11. The van der Waals surface area contributed by atoms with Crippen molar-refractivity contribution in [3.05, 3.63) is 42.6 Å². The largest absolute Gasteiger partial charge is 0.387 e. The lowest BCUT2D eigenvalue weighted by molar-refractivity contribution is -0.138. The Morgan fingerprint density at radius 3 is 2.62 bits per heavy atom. The highest BCUT2D eigenvalue weighted by Crippen LogP contribution is 2.43. The van der Waals surface area contributed by atoms with Gasteiger partial charge in [-0.1, -0.05) is 6.07 Å². The monoisotopic (exact) mass is 459 g/mol. The van der Waals surface area contributed by atoms with Gasteiger partial charge in [0.1, 0.15) is 24.4 Å². The Hall–Kier alpha value is -3.86. The quantitative estimate of drug-likeness (QED) is 0.467. The Kier molecular flexibility index (Phi) is 4.80. The Bertz CT molecular complexity index is 1360. The molecule has 2 fully saturated rings. The van der Waals surface area contributed by atoms with Gasteiger partial charge in [0.25, 0.3) is 0 Å². The first-order valence-corrected chi connectivity index (χ1v) is 11.4. The van der Waals surface area contributed by atoms with Crippen LogP contribution in [0.2, 0.25) is 0 Å². The van der Waals surface area contributed by atoms with Crippen molar-refractivity contribution >= 4 is 17.4 Å². The zero-order valence-corrected chi connectivity index (χ0v) is 18.7. The molecule has 1 amide bonds. The first-order chi connectivity index (χ1) is 16.5. The number of nitrogen functional groups attached to an aromatic ring is 1. The van der Waals surface area contributed by atoms with E-state index < -0.39 is 6.61 Å². The van der Waals surface area contributed by atoms with Crippen molar-refractivity contribution in [2.24, 2.45) is 7.05 Å². The summed E-state index contributed by atoms with van der Waals surface area (Å²) in [4.78, 5) is 27.8. The molecule has 0 saturated carbocycles. The maximum atomic E-state index is 12.2. The van der Waals surface area contributed by atoms with Gasteiger partial charge in [-0.25, -0.2) is 9.97 Å². The predicted molar refractivity (Wildman–Crippen MR) is 123 cm³/mol. The van der Waals surface area contributed by atoms with Gasteiger partial charge in [0.05, 0.1) is 6.20 Å². The smallest absolute Gasteiger partial charge is 0.248 e. The summed E-state index contributed by atoms with van der Waals surface area (Å²) >= 11 is 0. The van der Waals surface area contributed by atoms with Crippen LogP contribution in [0.25, 0.3) is 28.3 Å². The Labute approximate surface area is 195 Å². The number of piperidine rings is 1. The second-order valence-electron chi connectivity index (χ2n) is 9.09. The van der Waals surface area contributed by atoms with E-state index in [0.717, 1.165) is 42.5 Å². The third-order valence-electron chi connectivity index (χ3n) is 7.00. The number of amides is 1. The Morgan fingerprint density at radius 2 is 1.97 bits per heavy atom. The van der Waals surface area contributed by atoms with Crippen molar-refractivity contribution in [1.29, 1.82) is 0 Å². The van der Waals surface area contributed by atoms with Gasteiger partial charge in [0.2, 0.25) is 5.91 Å². The zero-order valence-electron chi connectivity index (χ0n) is 18.7. The van der Waals surface area contributed by atoms with E-state index in [0.29, 0.717) is 23.0 Å². The number of nitrogens with two attached hydrogens (primary N) is 1. The minimum atomic E-state index is -0.433. The minimum absolute atomic E-state index is 0.143. The van der Waals surface area contributed by atoms with Gasteiger partial charge in [-0.05, 0) is 31.7 Å². The molecule has 11 nitrogen and oxygen atoms in total. The number of hydrogen-bond acceptors (Lipinski definition) is 8. The number of carbonyl (C=O) groups is 1. The lowest BCUT2D eigenvalue weighted by Crippen LogP contribution is -2.47. The van der Waals surface area contributed by atoms with E-state index in [1.807, 2.05) is 30.1 Å². The average molecular weight is 460 g/mol. The van der Waals surface area contributed by atoms with Crippen molar-refractivity contribution < 1.29 is 9.90 Å². The lowest BCUT2D eigenvalue weighted by atomic mass is 9.87. The molecule has 4 aromatic rings. The van der Waals surface area contributed by atoms with Crippen LogP contribution in [0.4, 0.5) is 5.82 Å². The lowest BCUT2D eigenvalue weighted by Gasteiger charge is -2.38. The van der Waals surface area contributed by atoms with E-state index >= 15 is 0 Å². The molecular weight excluding hydrogens is 434 g/mol. The van der Waals surface area contributed by atoms with Crippen LogP contribution in [-0.4, -0.2) is 69.0 Å². The van der Waals surface area contributed by atoms with Crippen molar-refractivity contribution in [1.82, 2.24) is 39.2 Å². The number of nitrogens with zero attached hydrogens (tertiary/aromatic N) is 8. The van der Waals surface area contributed by atoms with E-state index in [4.69, 9.17) is 10.7 Å². The number of aliphatic hydroxyl groups excluding tert-OH is 1. The van der Waals surface area contributed by atoms with Crippen LogP contribution in [0.3, 0.4) is 0 Å². The van der Waals surface area contributed by atoms with E-state index in [9.17, 15) is 9.90 Å². The molecule has 2 bridgehead atoms. The number of pyridine rings is 1. The summed E-state index contributed by atoms with van der Waals surface area (Å²) in [6.07, 6.45) is 8.73. The Morgan fingerprint density at radius 1 is 1.18 bits per heavy atom. The number of fused-ring (bicyclic) bond motifs is 3. The van der Waals surface area contributed by atoms with Crippen LogP contribution < -0.4 is 5.73 Å². The summed E-state index contributed by atoms with van der Waals surface area (Å²) in [7, 11) is 1.82. The summed E-state index contributed by atoms with van der Waals surface area (Å²) in [5, 5.41) is 18.1. The maximum absolute atomic E-state index is 12.2. The van der Waals surface area contributed by atoms with Crippen LogP contribution in [-0.2, 0) is 11.8 Å². The molecule has 2 saturated heterocycles. The molecule has 0 unspecified atom stereocenters. The van der Waals surface area contributed by atoms with E-state index in [-0.39, 0.29) is 23.9 Å². The molecule has 2 aliphatic rings. The molecule has 34 heavy (non-hydrogen) atoms. The van der Waals surface area contributed by atoms with Gasteiger partial charge in [-0.2, -0.15) is 9.61 Å². The normalized spacial score (nSPS) is 21.9. The predicted octanol–water partition coefficient (Wildman–Crippen LogP) is 1.40. The second-order valence-corrected chi connectivity index (χ2v) is 9.09. The highest BCUT2D eigenvalue weighted by molar-refractivity contribution is 5.79. The number of aromatic nitrogens is 7. The molecule has 2 aliphatic heterocycles. The highest BCUT2D eigenvalue weighted by atomic mass is 16.3. The van der Waals surface area contributed by atoms with Crippen molar-refractivity contribution in [2.75, 3.05) is 12.3 Å². The zero-order chi connectivity index (χ0) is 23.4. The van der Waals surface area contributed by atoms with Crippen LogP contribution in [0.1, 0.15) is 37.3 Å². The maximum Gasteiger partial charge on any atom is 0.248 e. The minimum Gasteiger partial charge on any atom is -0.387 e. The van der Waals surface area contributed by atoms with Crippen molar-refractivity contribution in [3.63, 3.8) is 0 Å². The molecule has 0 aromatic carbocycles. The van der Waals surface area contributed by atoms with Gasteiger partial charge in [-0.3, -0.25) is 14.5 Å². The molecule has 4 aromatic heterocycles. The summed E-state index contributed by atoms with van der Waals surface area (Å²) in [6, 6.07) is 6.02. The molecule has 0 radical (unpaired) electrons.